The van der Waals surface area contributed by atoms with Crippen LogP contribution in [0.25, 0.3) is 11.3 Å². The Bertz CT molecular complexity index is 1510. The van der Waals surface area contributed by atoms with Crippen LogP contribution in [0.4, 0.5) is 10.2 Å². The summed E-state index contributed by atoms with van der Waals surface area (Å²) in [6, 6.07) is 12.4. The van der Waals surface area contributed by atoms with Gasteiger partial charge in [-0.3, -0.25) is 4.79 Å². The van der Waals surface area contributed by atoms with E-state index in [1.54, 1.807) is 37.3 Å². The van der Waals surface area contributed by atoms with Gasteiger partial charge in [0.25, 0.3) is 0 Å². The van der Waals surface area contributed by atoms with Crippen molar-refractivity contribution in [1.82, 2.24) is 9.97 Å². The zero-order chi connectivity index (χ0) is 29.2. The number of carbonyl (C=O) groups is 1. The molecular formula is C31H38FN3O4S. The molecule has 0 aliphatic carbocycles. The summed E-state index contributed by atoms with van der Waals surface area (Å²) in [6.45, 7) is 13.2. The third kappa shape index (κ3) is 6.52. The maximum atomic E-state index is 14.6. The van der Waals surface area contributed by atoms with Crippen molar-refractivity contribution in [2.75, 3.05) is 23.8 Å². The second-order valence-electron chi connectivity index (χ2n) is 11.5. The molecule has 1 aromatic carbocycles. The molecule has 214 valence electrons. The predicted molar refractivity (Wildman–Crippen MR) is 155 cm³/mol. The average Bonchev–Trinajstić information content (AvgIpc) is 3.20. The topological polar surface area (TPSA) is 89.5 Å². The third-order valence-electron chi connectivity index (χ3n) is 7.38. The van der Waals surface area contributed by atoms with Crippen molar-refractivity contribution in [1.29, 1.82) is 0 Å². The number of aromatic nitrogens is 2. The number of Topliss-reactive ketones (excluding diaryl/α,β-unsaturated/α-hetero) is 1. The molecule has 0 saturated carbocycles. The number of rotatable bonds is 10. The number of pyridine rings is 2. The van der Waals surface area contributed by atoms with Gasteiger partial charge in [0.1, 0.15) is 23.1 Å². The summed E-state index contributed by atoms with van der Waals surface area (Å²) in [7, 11) is -3.98. The Morgan fingerprint density at radius 2 is 1.93 bits per heavy atom. The van der Waals surface area contributed by atoms with Gasteiger partial charge in [0.05, 0.1) is 17.9 Å². The van der Waals surface area contributed by atoms with E-state index in [1.165, 1.54) is 18.2 Å². The van der Waals surface area contributed by atoms with Crippen LogP contribution in [0.2, 0.25) is 0 Å². The molecule has 0 bridgehead atoms. The fraction of sp³-hybridized carbons (Fsp3) is 0.452. The summed E-state index contributed by atoms with van der Waals surface area (Å²) in [5.74, 6) is -0.299. The number of halogens is 1. The number of hydrogen-bond acceptors (Lipinski definition) is 7. The van der Waals surface area contributed by atoms with E-state index in [0.717, 1.165) is 12.8 Å². The molecule has 0 amide bonds. The lowest BCUT2D eigenvalue weighted by atomic mass is 9.92. The fourth-order valence-corrected chi connectivity index (χ4v) is 6.46. The lowest BCUT2D eigenvalue weighted by Crippen LogP contribution is -2.42. The Hall–Kier alpha value is -3.33. The van der Waals surface area contributed by atoms with E-state index in [4.69, 9.17) is 9.72 Å². The van der Waals surface area contributed by atoms with Crippen LogP contribution in [-0.2, 0) is 9.84 Å². The van der Waals surface area contributed by atoms with Gasteiger partial charge < -0.3 is 9.64 Å². The largest absolute Gasteiger partial charge is 0.493 e. The Kier molecular flexibility index (Phi) is 8.63. The second-order valence-corrected chi connectivity index (χ2v) is 13.5. The third-order valence-corrected chi connectivity index (χ3v) is 8.89. The van der Waals surface area contributed by atoms with E-state index in [2.05, 4.69) is 30.7 Å². The molecule has 1 fully saturated rings. The number of anilines is 1. The molecule has 0 spiro atoms. The summed E-state index contributed by atoms with van der Waals surface area (Å²) in [6.07, 6.45) is 1.72. The molecule has 0 radical (unpaired) electrons. The second kappa shape index (κ2) is 11.6. The van der Waals surface area contributed by atoms with Gasteiger partial charge in [0, 0.05) is 29.4 Å². The van der Waals surface area contributed by atoms with E-state index in [-0.39, 0.29) is 22.0 Å². The van der Waals surface area contributed by atoms with E-state index in [1.807, 2.05) is 13.8 Å². The smallest absolute Gasteiger partial charge is 0.203 e. The lowest BCUT2D eigenvalue weighted by molar-refractivity contribution is 0.102. The van der Waals surface area contributed by atoms with Gasteiger partial charge in [-0.25, -0.2) is 22.8 Å². The number of ketones is 1. The molecule has 1 aliphatic heterocycles. The van der Waals surface area contributed by atoms with Gasteiger partial charge in [-0.15, -0.1) is 0 Å². The molecule has 1 aliphatic rings. The number of aryl methyl sites for hydroxylation is 1. The highest BCUT2D eigenvalue weighted by molar-refractivity contribution is 7.92. The van der Waals surface area contributed by atoms with Crippen molar-refractivity contribution in [2.45, 2.75) is 64.9 Å². The summed E-state index contributed by atoms with van der Waals surface area (Å²) in [5.41, 5.74) is 1.49. The minimum Gasteiger partial charge on any atom is -0.493 e. The maximum Gasteiger partial charge on any atom is 0.203 e. The molecular weight excluding hydrogens is 529 g/mol. The predicted octanol–water partition coefficient (Wildman–Crippen LogP) is 6.30. The molecule has 2 aromatic heterocycles. The summed E-state index contributed by atoms with van der Waals surface area (Å²) >= 11 is 0. The Labute approximate surface area is 236 Å². The van der Waals surface area contributed by atoms with Crippen molar-refractivity contribution < 1.29 is 22.3 Å². The van der Waals surface area contributed by atoms with E-state index in [9.17, 15) is 17.6 Å². The minimum atomic E-state index is -3.98. The highest BCUT2D eigenvalue weighted by atomic mass is 32.2. The number of hydrogen-bond donors (Lipinski definition) is 0. The maximum absolute atomic E-state index is 14.6. The number of nitrogens with zero attached hydrogens (tertiary/aromatic N) is 3. The Balaban J connectivity index is 1.79. The van der Waals surface area contributed by atoms with Crippen molar-refractivity contribution in [3.05, 3.63) is 65.6 Å². The van der Waals surface area contributed by atoms with Crippen molar-refractivity contribution >= 4 is 21.4 Å². The van der Waals surface area contributed by atoms with Gasteiger partial charge in [-0.05, 0) is 74.9 Å². The Morgan fingerprint density at radius 3 is 2.60 bits per heavy atom. The number of ether oxygens (including phenoxy) is 1. The monoisotopic (exact) mass is 567 g/mol. The van der Waals surface area contributed by atoms with Crippen LogP contribution in [0.3, 0.4) is 0 Å². The molecule has 2 unspecified atom stereocenters. The zero-order valence-electron chi connectivity index (χ0n) is 24.1. The molecule has 3 aromatic rings. The van der Waals surface area contributed by atoms with E-state index < -0.39 is 27.2 Å². The first-order valence-corrected chi connectivity index (χ1v) is 15.4. The number of carbonyl (C=O) groups excluding carboxylic acids is 1. The zero-order valence-corrected chi connectivity index (χ0v) is 24.9. The molecule has 2 atom stereocenters. The molecule has 40 heavy (non-hydrogen) atoms. The minimum absolute atomic E-state index is 0.131. The van der Waals surface area contributed by atoms with Gasteiger partial charge in [-0.1, -0.05) is 33.8 Å². The number of sulfone groups is 1. The average molecular weight is 568 g/mol. The molecule has 0 N–H and O–H groups in total. The first-order valence-electron chi connectivity index (χ1n) is 13.7. The first-order chi connectivity index (χ1) is 18.8. The van der Waals surface area contributed by atoms with Gasteiger partial charge in [0.2, 0.25) is 9.84 Å². The van der Waals surface area contributed by atoms with Crippen molar-refractivity contribution in [3.63, 3.8) is 0 Å². The Morgan fingerprint density at radius 1 is 1.18 bits per heavy atom. The highest BCUT2D eigenvalue weighted by Gasteiger charge is 2.41. The van der Waals surface area contributed by atoms with Crippen LogP contribution in [0.15, 0.2) is 53.6 Å². The number of benzene rings is 1. The molecule has 3 heterocycles. The van der Waals surface area contributed by atoms with Crippen molar-refractivity contribution in [2.24, 2.45) is 11.8 Å². The van der Waals surface area contributed by atoms with Crippen LogP contribution >= 0.6 is 0 Å². The highest BCUT2D eigenvalue weighted by Crippen LogP contribution is 2.41. The van der Waals surface area contributed by atoms with Crippen LogP contribution in [0, 0.1) is 24.6 Å². The quantitative estimate of drug-likeness (QED) is 0.266. The molecule has 1 saturated heterocycles. The summed E-state index contributed by atoms with van der Waals surface area (Å²) in [4.78, 5) is 24.8. The molecule has 7 nitrogen and oxygen atoms in total. The van der Waals surface area contributed by atoms with E-state index in [0.29, 0.717) is 47.6 Å². The van der Waals surface area contributed by atoms with E-state index >= 15 is 0 Å². The lowest BCUT2D eigenvalue weighted by Gasteiger charge is -2.36. The normalized spacial score (nSPS) is 19.3. The SMILES string of the molecule is CCC1(C)CC(C)CN1c1nc(-c2cc(F)cc(OCC(C)C)c2)ccc1C(=O)CS(=O)(=O)c1cccc(C)n1. The van der Waals surface area contributed by atoms with Crippen molar-refractivity contribution in [3.8, 4) is 17.0 Å². The first kappa shape index (κ1) is 29.6. The van der Waals surface area contributed by atoms with Crippen LogP contribution < -0.4 is 9.64 Å². The van der Waals surface area contributed by atoms with Crippen LogP contribution in [0.5, 0.6) is 5.75 Å². The van der Waals surface area contributed by atoms with Crippen LogP contribution in [0.1, 0.15) is 63.5 Å². The molecule has 4 rings (SSSR count). The fourth-order valence-electron chi connectivity index (χ4n) is 5.24. The van der Waals surface area contributed by atoms with Gasteiger partial charge in [0.15, 0.2) is 10.8 Å². The van der Waals surface area contributed by atoms with Gasteiger partial charge in [-0.2, -0.15) is 0 Å². The van der Waals surface area contributed by atoms with Gasteiger partial charge >= 0.3 is 0 Å². The standard InChI is InChI=1S/C31H38FN3O4S/c1-7-31(6)16-21(4)17-35(31)30-26(28(36)19-40(37,38)29-10-8-9-22(5)33-29)11-12-27(34-30)23-13-24(32)15-25(14-23)39-18-20(2)3/h8-15,20-21H,7,16-19H2,1-6H3. The molecule has 9 heteroatoms. The summed E-state index contributed by atoms with van der Waals surface area (Å²) < 4.78 is 46.6. The summed E-state index contributed by atoms with van der Waals surface area (Å²) in [5, 5.41) is -0.131. The van der Waals surface area contributed by atoms with Crippen LogP contribution in [-0.4, -0.2) is 48.6 Å².